The van der Waals surface area contributed by atoms with Crippen molar-refractivity contribution >= 4 is 16.9 Å². The van der Waals surface area contributed by atoms with Gasteiger partial charge >= 0.3 is 0 Å². The lowest BCUT2D eigenvalue weighted by atomic mass is 9.87. The summed E-state index contributed by atoms with van der Waals surface area (Å²) >= 11 is 0. The number of amides is 1. The highest BCUT2D eigenvalue weighted by molar-refractivity contribution is 5.94. The molecule has 1 N–H and O–H groups in total. The van der Waals surface area contributed by atoms with Crippen LogP contribution < -0.4 is 10.1 Å². The highest BCUT2D eigenvalue weighted by Crippen LogP contribution is 2.25. The van der Waals surface area contributed by atoms with Crippen LogP contribution >= 0.6 is 0 Å². The summed E-state index contributed by atoms with van der Waals surface area (Å²) in [7, 11) is 0. The molecule has 176 valence electrons. The first-order valence-corrected chi connectivity index (χ1v) is 11.8. The molecule has 0 spiro atoms. The van der Waals surface area contributed by atoms with E-state index in [0.29, 0.717) is 18.7 Å². The summed E-state index contributed by atoms with van der Waals surface area (Å²) in [6.45, 7) is 11.7. The molecule has 0 aliphatic carbocycles. The second kappa shape index (κ2) is 9.72. The van der Waals surface area contributed by atoms with Gasteiger partial charge in [-0.15, -0.1) is 0 Å². The maximum absolute atomic E-state index is 12.8. The molecule has 1 unspecified atom stereocenters. The first-order chi connectivity index (χ1) is 16.2. The summed E-state index contributed by atoms with van der Waals surface area (Å²) in [6, 6.07) is 23.7. The molecule has 34 heavy (non-hydrogen) atoms. The van der Waals surface area contributed by atoms with Gasteiger partial charge in [-0.05, 0) is 61.2 Å². The van der Waals surface area contributed by atoms with Gasteiger partial charge in [0.2, 0.25) is 0 Å². The molecule has 0 radical (unpaired) electrons. The SMILES string of the molecule is Cc1ccc(C(=O)NC(C)c2nc3ccccc3n2CCOc2ccc(C(C)(C)C)cc2)cc1. The van der Waals surface area contributed by atoms with Crippen molar-refractivity contribution < 1.29 is 9.53 Å². The lowest BCUT2D eigenvalue weighted by Gasteiger charge is -2.19. The fourth-order valence-corrected chi connectivity index (χ4v) is 4.02. The van der Waals surface area contributed by atoms with Gasteiger partial charge in [-0.25, -0.2) is 4.98 Å². The molecule has 1 atom stereocenters. The van der Waals surface area contributed by atoms with Gasteiger partial charge in [-0.3, -0.25) is 4.79 Å². The molecule has 1 heterocycles. The molecule has 5 heteroatoms. The number of aromatic nitrogens is 2. The zero-order valence-electron chi connectivity index (χ0n) is 20.6. The molecule has 5 nitrogen and oxygen atoms in total. The molecule has 0 saturated heterocycles. The van der Waals surface area contributed by atoms with Gasteiger partial charge in [-0.2, -0.15) is 0 Å². The third-order valence-corrected chi connectivity index (χ3v) is 6.04. The van der Waals surface area contributed by atoms with E-state index in [9.17, 15) is 4.79 Å². The number of imidazole rings is 1. The average Bonchev–Trinajstić information content (AvgIpc) is 3.18. The highest BCUT2D eigenvalue weighted by Gasteiger charge is 2.19. The van der Waals surface area contributed by atoms with E-state index in [0.717, 1.165) is 28.2 Å². The highest BCUT2D eigenvalue weighted by atomic mass is 16.5. The van der Waals surface area contributed by atoms with Crippen molar-refractivity contribution in [3.05, 3.63) is 95.3 Å². The van der Waals surface area contributed by atoms with E-state index in [4.69, 9.17) is 9.72 Å². The van der Waals surface area contributed by atoms with E-state index in [1.54, 1.807) is 0 Å². The van der Waals surface area contributed by atoms with E-state index in [-0.39, 0.29) is 17.4 Å². The van der Waals surface area contributed by atoms with Crippen molar-refractivity contribution in [3.8, 4) is 5.75 Å². The van der Waals surface area contributed by atoms with Crippen LogP contribution in [-0.2, 0) is 12.0 Å². The number of para-hydroxylation sites is 2. The van der Waals surface area contributed by atoms with Gasteiger partial charge in [0.05, 0.1) is 23.6 Å². The average molecular weight is 456 g/mol. The molecule has 0 aliphatic rings. The fraction of sp³-hybridized carbons (Fsp3) is 0.310. The zero-order valence-corrected chi connectivity index (χ0v) is 20.6. The Morgan fingerprint density at radius 1 is 1.00 bits per heavy atom. The van der Waals surface area contributed by atoms with Gasteiger partial charge in [0.1, 0.15) is 18.2 Å². The van der Waals surface area contributed by atoms with Crippen LogP contribution in [0.3, 0.4) is 0 Å². The van der Waals surface area contributed by atoms with Crippen LogP contribution in [0.4, 0.5) is 0 Å². The molecular formula is C29H33N3O2. The Bertz CT molecular complexity index is 1270. The van der Waals surface area contributed by atoms with Crippen molar-refractivity contribution in [2.45, 2.75) is 52.6 Å². The van der Waals surface area contributed by atoms with Gasteiger partial charge in [0.25, 0.3) is 5.91 Å². The maximum Gasteiger partial charge on any atom is 0.251 e. The molecule has 0 aliphatic heterocycles. The monoisotopic (exact) mass is 455 g/mol. The smallest absolute Gasteiger partial charge is 0.251 e. The van der Waals surface area contributed by atoms with Gasteiger partial charge in [0, 0.05) is 5.56 Å². The Labute approximate surface area is 201 Å². The molecule has 0 bridgehead atoms. The Morgan fingerprint density at radius 3 is 2.35 bits per heavy atom. The number of carbonyl (C=O) groups is 1. The first kappa shape index (κ1) is 23.6. The number of nitrogens with one attached hydrogen (secondary N) is 1. The lowest BCUT2D eigenvalue weighted by molar-refractivity contribution is 0.0937. The molecule has 1 aromatic heterocycles. The topological polar surface area (TPSA) is 56.2 Å². The minimum atomic E-state index is -0.257. The van der Waals surface area contributed by atoms with Crippen molar-refractivity contribution in [1.82, 2.24) is 14.9 Å². The summed E-state index contributed by atoms with van der Waals surface area (Å²) in [5.41, 5.74) is 5.09. The van der Waals surface area contributed by atoms with Crippen molar-refractivity contribution in [1.29, 1.82) is 0 Å². The molecule has 0 saturated carbocycles. The van der Waals surface area contributed by atoms with Crippen LogP contribution in [0, 0.1) is 6.92 Å². The van der Waals surface area contributed by atoms with Crippen LogP contribution in [0.1, 0.15) is 61.0 Å². The minimum absolute atomic E-state index is 0.110. The Kier molecular flexibility index (Phi) is 6.73. The van der Waals surface area contributed by atoms with E-state index >= 15 is 0 Å². The van der Waals surface area contributed by atoms with Crippen molar-refractivity contribution in [2.24, 2.45) is 0 Å². The number of nitrogens with zero attached hydrogens (tertiary/aromatic N) is 2. The standard InChI is InChI=1S/C29H33N3O2/c1-20-10-12-22(13-11-20)28(33)30-21(2)27-31-25-8-6-7-9-26(25)32(27)18-19-34-24-16-14-23(15-17-24)29(3,4)5/h6-17,21H,18-19H2,1-5H3,(H,30,33). The molecule has 3 aromatic carbocycles. The predicted molar refractivity (Wildman–Crippen MR) is 137 cm³/mol. The summed E-state index contributed by atoms with van der Waals surface area (Å²) in [4.78, 5) is 17.6. The molecule has 4 aromatic rings. The Balaban J connectivity index is 1.49. The number of rotatable bonds is 7. The van der Waals surface area contributed by atoms with E-state index in [1.165, 1.54) is 5.56 Å². The summed E-state index contributed by atoms with van der Waals surface area (Å²) in [5.74, 6) is 1.55. The second-order valence-corrected chi connectivity index (χ2v) is 9.79. The number of hydrogen-bond donors (Lipinski definition) is 1. The first-order valence-electron chi connectivity index (χ1n) is 11.8. The second-order valence-electron chi connectivity index (χ2n) is 9.79. The Morgan fingerprint density at radius 2 is 1.68 bits per heavy atom. The quantitative estimate of drug-likeness (QED) is 0.360. The van der Waals surface area contributed by atoms with Crippen LogP contribution in [0.2, 0.25) is 0 Å². The number of fused-ring (bicyclic) bond motifs is 1. The van der Waals surface area contributed by atoms with Gasteiger partial charge in [-0.1, -0.05) is 62.7 Å². The number of aryl methyl sites for hydroxylation is 1. The zero-order chi connectivity index (χ0) is 24.3. The third-order valence-electron chi connectivity index (χ3n) is 6.04. The number of hydrogen-bond acceptors (Lipinski definition) is 3. The van der Waals surface area contributed by atoms with Crippen LogP contribution in [-0.4, -0.2) is 22.1 Å². The van der Waals surface area contributed by atoms with Gasteiger partial charge in [0.15, 0.2) is 0 Å². The summed E-state index contributed by atoms with van der Waals surface area (Å²) in [6.07, 6.45) is 0. The van der Waals surface area contributed by atoms with E-state index < -0.39 is 0 Å². The molecule has 4 rings (SSSR count). The minimum Gasteiger partial charge on any atom is -0.492 e. The van der Waals surface area contributed by atoms with E-state index in [1.807, 2.05) is 68.4 Å². The number of benzene rings is 3. The largest absolute Gasteiger partial charge is 0.492 e. The molecular weight excluding hydrogens is 422 g/mol. The number of carbonyl (C=O) groups excluding carboxylic acids is 1. The van der Waals surface area contributed by atoms with Crippen molar-refractivity contribution in [2.75, 3.05) is 6.61 Å². The Hall–Kier alpha value is -3.60. The summed E-state index contributed by atoms with van der Waals surface area (Å²) in [5, 5.41) is 3.10. The third kappa shape index (κ3) is 5.30. The van der Waals surface area contributed by atoms with E-state index in [2.05, 4.69) is 48.9 Å². The van der Waals surface area contributed by atoms with Gasteiger partial charge < -0.3 is 14.6 Å². The molecule has 0 fully saturated rings. The lowest BCUT2D eigenvalue weighted by Crippen LogP contribution is -2.29. The predicted octanol–water partition coefficient (Wildman–Crippen LogP) is 6.21. The van der Waals surface area contributed by atoms with Crippen LogP contribution in [0.25, 0.3) is 11.0 Å². The van der Waals surface area contributed by atoms with Crippen LogP contribution in [0.15, 0.2) is 72.8 Å². The normalized spacial score (nSPS) is 12.5. The number of ether oxygens (including phenoxy) is 1. The summed E-state index contributed by atoms with van der Waals surface area (Å²) < 4.78 is 8.19. The molecule has 1 amide bonds. The fourth-order valence-electron chi connectivity index (χ4n) is 4.02. The van der Waals surface area contributed by atoms with Crippen molar-refractivity contribution in [3.63, 3.8) is 0 Å². The maximum atomic E-state index is 12.8. The van der Waals surface area contributed by atoms with Crippen LogP contribution in [0.5, 0.6) is 5.75 Å².